The van der Waals surface area contributed by atoms with Crippen LogP contribution in [0.15, 0.2) is 63.8 Å². The minimum Gasteiger partial charge on any atom is -0.485 e. The number of Topliss-reactive ketones (excluding diaryl/α,β-unsaturated/α-hetero) is 1. The van der Waals surface area contributed by atoms with Crippen molar-refractivity contribution in [1.82, 2.24) is 0 Å². The highest BCUT2D eigenvalue weighted by molar-refractivity contribution is 5.98. The van der Waals surface area contributed by atoms with Crippen LogP contribution in [0.25, 0.3) is 11.0 Å². The molecule has 2 aromatic carbocycles. The van der Waals surface area contributed by atoms with E-state index in [4.69, 9.17) is 9.15 Å². The van der Waals surface area contributed by atoms with Crippen molar-refractivity contribution in [3.8, 4) is 5.75 Å². The molecular formula is C23H23NO5. The normalized spacial score (nSPS) is 10.7. The van der Waals surface area contributed by atoms with Gasteiger partial charge in [0.05, 0.1) is 0 Å². The largest absolute Gasteiger partial charge is 0.485 e. The Balaban J connectivity index is 1.55. The van der Waals surface area contributed by atoms with Crippen molar-refractivity contribution in [1.29, 1.82) is 0 Å². The van der Waals surface area contributed by atoms with Crippen LogP contribution in [0.1, 0.15) is 43.0 Å². The Morgan fingerprint density at radius 2 is 1.76 bits per heavy atom. The Bertz CT molecular complexity index is 1050. The molecule has 0 radical (unpaired) electrons. The van der Waals surface area contributed by atoms with Crippen LogP contribution in [-0.4, -0.2) is 18.3 Å². The predicted octanol–water partition coefficient (Wildman–Crippen LogP) is 4.57. The third-order valence-electron chi connectivity index (χ3n) is 4.46. The van der Waals surface area contributed by atoms with Crippen molar-refractivity contribution in [2.24, 2.45) is 0 Å². The number of nitrogens with one attached hydrogen (secondary N) is 1. The van der Waals surface area contributed by atoms with Crippen molar-refractivity contribution in [2.45, 2.75) is 32.6 Å². The van der Waals surface area contributed by atoms with E-state index < -0.39 is 5.63 Å². The number of benzene rings is 2. The van der Waals surface area contributed by atoms with E-state index in [1.807, 2.05) is 0 Å². The molecule has 1 amide bonds. The minimum atomic E-state index is -0.441. The van der Waals surface area contributed by atoms with Gasteiger partial charge in [0.1, 0.15) is 11.3 Å². The quantitative estimate of drug-likeness (QED) is 0.327. The van der Waals surface area contributed by atoms with E-state index in [9.17, 15) is 14.4 Å². The van der Waals surface area contributed by atoms with E-state index in [2.05, 4.69) is 12.2 Å². The average Bonchev–Trinajstić information content (AvgIpc) is 2.72. The Morgan fingerprint density at radius 1 is 1.00 bits per heavy atom. The summed E-state index contributed by atoms with van der Waals surface area (Å²) in [6.07, 6.45) is 3.46. The van der Waals surface area contributed by atoms with E-state index in [0.29, 0.717) is 29.0 Å². The van der Waals surface area contributed by atoms with Gasteiger partial charge >= 0.3 is 5.63 Å². The van der Waals surface area contributed by atoms with Crippen LogP contribution in [0.2, 0.25) is 0 Å². The summed E-state index contributed by atoms with van der Waals surface area (Å²) in [5, 5.41) is 3.60. The van der Waals surface area contributed by atoms with Gasteiger partial charge in [-0.15, -0.1) is 0 Å². The molecule has 0 saturated carbocycles. The van der Waals surface area contributed by atoms with Crippen LogP contribution >= 0.6 is 0 Å². The fourth-order valence-corrected chi connectivity index (χ4v) is 2.86. The first-order chi connectivity index (χ1) is 14.0. The maximum atomic E-state index is 12.4. The maximum Gasteiger partial charge on any atom is 0.336 e. The lowest BCUT2D eigenvalue weighted by Gasteiger charge is -2.08. The highest BCUT2D eigenvalue weighted by Crippen LogP contribution is 2.20. The van der Waals surface area contributed by atoms with Gasteiger partial charge in [-0.25, -0.2) is 4.79 Å². The highest BCUT2D eigenvalue weighted by Gasteiger charge is 2.09. The molecule has 6 heteroatoms. The number of anilines is 1. The van der Waals surface area contributed by atoms with Crippen molar-refractivity contribution in [2.75, 3.05) is 11.9 Å². The van der Waals surface area contributed by atoms with Gasteiger partial charge in [-0.05, 0) is 48.9 Å². The summed E-state index contributed by atoms with van der Waals surface area (Å²) in [6, 6.07) is 14.8. The van der Waals surface area contributed by atoms with E-state index in [1.54, 1.807) is 48.5 Å². The van der Waals surface area contributed by atoms with E-state index >= 15 is 0 Å². The number of unbranched alkanes of at least 4 members (excludes halogenated alkanes) is 2. The first-order valence-electron chi connectivity index (χ1n) is 9.65. The smallest absolute Gasteiger partial charge is 0.336 e. The lowest BCUT2D eigenvalue weighted by atomic mass is 10.1. The van der Waals surface area contributed by atoms with Crippen molar-refractivity contribution >= 4 is 28.3 Å². The molecule has 1 heterocycles. The zero-order chi connectivity index (χ0) is 20.6. The molecule has 0 aliphatic heterocycles. The summed E-state index contributed by atoms with van der Waals surface area (Å²) in [7, 11) is 0. The molecule has 0 fully saturated rings. The second-order valence-electron chi connectivity index (χ2n) is 6.75. The van der Waals surface area contributed by atoms with E-state index in [-0.39, 0.29) is 18.3 Å². The Hall–Kier alpha value is -3.41. The third-order valence-corrected chi connectivity index (χ3v) is 4.46. The van der Waals surface area contributed by atoms with Crippen molar-refractivity contribution in [3.05, 3.63) is 70.6 Å². The minimum absolute atomic E-state index is 0.0242. The van der Waals surface area contributed by atoms with Gasteiger partial charge in [-0.2, -0.15) is 0 Å². The average molecular weight is 393 g/mol. The number of hydrogen-bond donors (Lipinski definition) is 1. The topological polar surface area (TPSA) is 85.6 Å². The number of carbonyl (C=O) groups is 2. The van der Waals surface area contributed by atoms with Crippen LogP contribution in [-0.2, 0) is 4.79 Å². The maximum absolute atomic E-state index is 12.4. The van der Waals surface area contributed by atoms with Gasteiger partial charge in [0.2, 0.25) is 5.91 Å². The summed E-state index contributed by atoms with van der Waals surface area (Å²) in [4.78, 5) is 35.5. The van der Waals surface area contributed by atoms with Gasteiger partial charge in [-0.1, -0.05) is 19.8 Å². The number of ether oxygens (including phenoxy) is 1. The molecule has 0 aliphatic rings. The molecule has 1 aromatic heterocycles. The Kier molecular flexibility index (Phi) is 6.79. The second-order valence-corrected chi connectivity index (χ2v) is 6.75. The van der Waals surface area contributed by atoms with Crippen LogP contribution < -0.4 is 15.7 Å². The lowest BCUT2D eigenvalue weighted by Crippen LogP contribution is -2.13. The first-order valence-corrected chi connectivity index (χ1v) is 9.65. The molecule has 0 bridgehead atoms. The van der Waals surface area contributed by atoms with Gasteiger partial charge in [0.25, 0.3) is 0 Å². The lowest BCUT2D eigenvalue weighted by molar-refractivity contribution is -0.116. The number of hydrogen-bond acceptors (Lipinski definition) is 5. The fourth-order valence-electron chi connectivity index (χ4n) is 2.86. The number of carbonyl (C=O) groups excluding carboxylic acids is 2. The molecule has 0 spiro atoms. The Morgan fingerprint density at radius 3 is 2.52 bits per heavy atom. The zero-order valence-electron chi connectivity index (χ0n) is 16.3. The zero-order valence-corrected chi connectivity index (χ0v) is 16.3. The summed E-state index contributed by atoms with van der Waals surface area (Å²) in [6.45, 7) is 1.94. The highest BCUT2D eigenvalue weighted by atomic mass is 16.5. The predicted molar refractivity (Wildman–Crippen MR) is 112 cm³/mol. The van der Waals surface area contributed by atoms with Crippen LogP contribution in [0.3, 0.4) is 0 Å². The molecule has 150 valence electrons. The van der Waals surface area contributed by atoms with Gasteiger partial charge in [0.15, 0.2) is 12.4 Å². The number of ketones is 1. The molecule has 3 rings (SSSR count). The summed E-state index contributed by atoms with van der Waals surface area (Å²) < 4.78 is 10.7. The molecule has 0 unspecified atom stereocenters. The second kappa shape index (κ2) is 9.68. The number of fused-ring (bicyclic) bond motifs is 1. The van der Waals surface area contributed by atoms with Gasteiger partial charge in [0, 0.05) is 35.2 Å². The van der Waals surface area contributed by atoms with Crippen LogP contribution in [0, 0.1) is 0 Å². The molecule has 0 saturated heterocycles. The van der Waals surface area contributed by atoms with E-state index in [0.717, 1.165) is 24.6 Å². The third kappa shape index (κ3) is 5.78. The summed E-state index contributed by atoms with van der Waals surface area (Å²) in [5.74, 6) is 0.223. The number of amides is 1. The number of rotatable bonds is 9. The Labute approximate surface area is 168 Å². The SMILES string of the molecule is CCCCCC(=O)Nc1ccc(C(=O)COc2ccc3ccc(=O)oc3c2)cc1. The molecule has 1 N–H and O–H groups in total. The van der Waals surface area contributed by atoms with Gasteiger partial charge in [-0.3, -0.25) is 9.59 Å². The standard InChI is InChI=1S/C23H23NO5/c1-2-3-4-5-22(26)24-18-10-6-16(7-11-18)20(25)15-28-19-12-8-17-9-13-23(27)29-21(17)14-19/h6-14H,2-5,15H2,1H3,(H,24,26). The molecule has 0 atom stereocenters. The van der Waals surface area contributed by atoms with Crippen LogP contribution in [0.4, 0.5) is 5.69 Å². The fraction of sp³-hybridized carbons (Fsp3) is 0.261. The van der Waals surface area contributed by atoms with Crippen molar-refractivity contribution < 1.29 is 18.7 Å². The summed E-state index contributed by atoms with van der Waals surface area (Å²) in [5.41, 5.74) is 1.11. The molecule has 0 aliphatic carbocycles. The molecule has 6 nitrogen and oxygen atoms in total. The van der Waals surface area contributed by atoms with Crippen molar-refractivity contribution in [3.63, 3.8) is 0 Å². The van der Waals surface area contributed by atoms with Gasteiger partial charge < -0.3 is 14.5 Å². The molecular weight excluding hydrogens is 370 g/mol. The first kappa shape index (κ1) is 20.3. The van der Waals surface area contributed by atoms with E-state index in [1.165, 1.54) is 6.07 Å². The summed E-state index contributed by atoms with van der Waals surface area (Å²) >= 11 is 0. The molecule has 3 aromatic rings. The van der Waals surface area contributed by atoms with Crippen LogP contribution in [0.5, 0.6) is 5.75 Å². The monoisotopic (exact) mass is 393 g/mol. The molecule has 29 heavy (non-hydrogen) atoms.